The van der Waals surface area contributed by atoms with Crippen LogP contribution in [0, 0.1) is 20.2 Å². The van der Waals surface area contributed by atoms with E-state index in [4.69, 9.17) is 5.11 Å². The first kappa shape index (κ1) is 16.7. The highest BCUT2D eigenvalue weighted by Gasteiger charge is 2.36. The Hall–Kier alpha value is -2.71. The lowest BCUT2D eigenvalue weighted by Gasteiger charge is -2.37. The third-order valence-electron chi connectivity index (χ3n) is 4.18. The summed E-state index contributed by atoms with van der Waals surface area (Å²) in [5, 5.41) is 33.6. The first-order valence-electron chi connectivity index (χ1n) is 7.26. The maximum Gasteiger partial charge on any atom is 0.405 e. The summed E-state index contributed by atoms with van der Waals surface area (Å²) in [7, 11) is 0. The van der Waals surface area contributed by atoms with Gasteiger partial charge in [-0.05, 0) is 12.8 Å². The number of hydrogen-bond acceptors (Lipinski definition) is 5. The summed E-state index contributed by atoms with van der Waals surface area (Å²) in [5.41, 5.74) is -1.11. The number of hydrogen-bond donors (Lipinski definition) is 2. The number of nitro groups is 2. The Morgan fingerprint density at radius 1 is 1.17 bits per heavy atom. The number of nitrogens with one attached hydrogen (secondary N) is 1. The fourth-order valence-electron chi connectivity index (χ4n) is 3.17. The molecule has 0 unspecified atom stereocenters. The summed E-state index contributed by atoms with van der Waals surface area (Å²) < 4.78 is 0. The van der Waals surface area contributed by atoms with Crippen LogP contribution in [0.3, 0.4) is 0 Å². The van der Waals surface area contributed by atoms with E-state index >= 15 is 0 Å². The predicted molar refractivity (Wildman–Crippen MR) is 80.4 cm³/mol. The van der Waals surface area contributed by atoms with Gasteiger partial charge < -0.3 is 10.4 Å². The van der Waals surface area contributed by atoms with Crippen LogP contribution in [0.25, 0.3) is 0 Å². The van der Waals surface area contributed by atoms with Crippen LogP contribution < -0.4 is 5.32 Å². The largest absolute Gasteiger partial charge is 0.465 e. The average molecular weight is 323 g/mol. The number of amides is 1. The lowest BCUT2D eigenvalue weighted by Crippen LogP contribution is -2.51. The SMILES string of the molecule is O=C(O)NC1(Cc2cc([N+](=O)[O-])ccc2[N+](=O)[O-])CCCCC1. The molecule has 0 radical (unpaired) electrons. The quantitative estimate of drug-likeness (QED) is 0.631. The molecule has 1 aromatic carbocycles. The lowest BCUT2D eigenvalue weighted by atomic mass is 9.77. The molecule has 0 atom stereocenters. The third kappa shape index (κ3) is 3.93. The van der Waals surface area contributed by atoms with E-state index in [0.29, 0.717) is 12.8 Å². The van der Waals surface area contributed by atoms with Crippen LogP contribution in [-0.4, -0.2) is 26.6 Å². The minimum absolute atomic E-state index is 0.0668. The van der Waals surface area contributed by atoms with Gasteiger partial charge in [0.1, 0.15) is 0 Å². The number of carbonyl (C=O) groups is 1. The van der Waals surface area contributed by atoms with Gasteiger partial charge in [-0.15, -0.1) is 0 Å². The van der Waals surface area contributed by atoms with Crippen molar-refractivity contribution >= 4 is 17.5 Å². The van der Waals surface area contributed by atoms with E-state index in [0.717, 1.165) is 37.5 Å². The second-order valence-corrected chi connectivity index (χ2v) is 5.78. The van der Waals surface area contributed by atoms with Crippen molar-refractivity contribution in [3.63, 3.8) is 0 Å². The van der Waals surface area contributed by atoms with Crippen LogP contribution in [0.5, 0.6) is 0 Å². The number of carboxylic acid groups (broad SMARTS) is 1. The maximum atomic E-state index is 11.2. The number of benzene rings is 1. The van der Waals surface area contributed by atoms with Gasteiger partial charge in [0.05, 0.1) is 9.85 Å². The highest BCUT2D eigenvalue weighted by molar-refractivity contribution is 5.66. The first-order chi connectivity index (χ1) is 10.8. The molecule has 0 saturated heterocycles. The van der Waals surface area contributed by atoms with E-state index in [1.54, 1.807) is 0 Å². The monoisotopic (exact) mass is 323 g/mol. The number of non-ortho nitro benzene ring substituents is 1. The van der Waals surface area contributed by atoms with Crippen molar-refractivity contribution in [3.8, 4) is 0 Å². The zero-order chi connectivity index (χ0) is 17.0. The van der Waals surface area contributed by atoms with E-state index in [-0.39, 0.29) is 23.4 Å². The van der Waals surface area contributed by atoms with Gasteiger partial charge in [-0.25, -0.2) is 4.79 Å². The predicted octanol–water partition coefficient (Wildman–Crippen LogP) is 3.02. The normalized spacial score (nSPS) is 16.5. The molecule has 9 heteroatoms. The topological polar surface area (TPSA) is 136 Å². The van der Waals surface area contributed by atoms with Gasteiger partial charge in [0.2, 0.25) is 0 Å². The summed E-state index contributed by atoms with van der Waals surface area (Å²) in [6.45, 7) is 0. The van der Waals surface area contributed by atoms with Crippen molar-refractivity contribution in [1.82, 2.24) is 5.32 Å². The minimum atomic E-state index is -1.19. The fourth-order valence-corrected chi connectivity index (χ4v) is 3.17. The molecule has 1 aliphatic rings. The molecule has 0 heterocycles. The maximum absolute atomic E-state index is 11.2. The van der Waals surface area contributed by atoms with E-state index in [9.17, 15) is 25.0 Å². The Bertz CT molecular complexity index is 639. The summed E-state index contributed by atoms with van der Waals surface area (Å²) in [4.78, 5) is 32.0. The van der Waals surface area contributed by atoms with Crippen molar-refractivity contribution in [3.05, 3.63) is 44.0 Å². The molecule has 1 saturated carbocycles. The van der Waals surface area contributed by atoms with Crippen LogP contribution in [0.4, 0.5) is 16.2 Å². The lowest BCUT2D eigenvalue weighted by molar-refractivity contribution is -0.389. The van der Waals surface area contributed by atoms with Crippen molar-refractivity contribution in [2.75, 3.05) is 0 Å². The molecule has 0 spiro atoms. The van der Waals surface area contributed by atoms with Gasteiger partial charge in [0, 0.05) is 35.7 Å². The molecule has 0 aliphatic heterocycles. The van der Waals surface area contributed by atoms with Gasteiger partial charge in [0.25, 0.3) is 11.4 Å². The zero-order valence-electron chi connectivity index (χ0n) is 12.4. The molecular formula is C14H17N3O6. The summed E-state index contributed by atoms with van der Waals surface area (Å²) in [6, 6.07) is 3.35. The Kier molecular flexibility index (Phi) is 4.77. The molecule has 1 aliphatic carbocycles. The summed E-state index contributed by atoms with van der Waals surface area (Å²) in [6.07, 6.45) is 2.57. The van der Waals surface area contributed by atoms with Crippen molar-refractivity contribution in [2.45, 2.75) is 44.1 Å². The van der Waals surface area contributed by atoms with Gasteiger partial charge in [-0.3, -0.25) is 20.2 Å². The second-order valence-electron chi connectivity index (χ2n) is 5.78. The molecular weight excluding hydrogens is 306 g/mol. The van der Waals surface area contributed by atoms with E-state index in [1.807, 2.05) is 0 Å². The van der Waals surface area contributed by atoms with Gasteiger partial charge in [0.15, 0.2) is 0 Å². The second kappa shape index (κ2) is 6.59. The van der Waals surface area contributed by atoms with Crippen LogP contribution >= 0.6 is 0 Å². The van der Waals surface area contributed by atoms with E-state index in [2.05, 4.69) is 5.32 Å². The number of nitro benzene ring substituents is 2. The van der Waals surface area contributed by atoms with E-state index < -0.39 is 21.5 Å². The standard InChI is InChI=1S/C14H17N3O6/c18-13(19)15-14(6-2-1-3-7-14)9-10-8-11(16(20)21)4-5-12(10)17(22)23/h4-5,8,15H,1-3,6-7,9H2,(H,18,19). The highest BCUT2D eigenvalue weighted by atomic mass is 16.6. The molecule has 1 fully saturated rings. The molecule has 2 rings (SSSR count). The molecule has 0 aromatic heterocycles. The molecule has 23 heavy (non-hydrogen) atoms. The molecule has 9 nitrogen and oxygen atoms in total. The molecule has 1 aromatic rings. The average Bonchev–Trinajstić information content (AvgIpc) is 2.46. The van der Waals surface area contributed by atoms with E-state index in [1.165, 1.54) is 0 Å². The summed E-state index contributed by atoms with van der Waals surface area (Å²) in [5.74, 6) is 0. The summed E-state index contributed by atoms with van der Waals surface area (Å²) >= 11 is 0. The Labute approximate surface area is 131 Å². The smallest absolute Gasteiger partial charge is 0.405 e. The fraction of sp³-hybridized carbons (Fsp3) is 0.500. The molecule has 0 bridgehead atoms. The van der Waals surface area contributed by atoms with Crippen LogP contribution in [0.15, 0.2) is 18.2 Å². The number of rotatable bonds is 5. The van der Waals surface area contributed by atoms with Crippen LogP contribution in [-0.2, 0) is 6.42 Å². The van der Waals surface area contributed by atoms with Crippen LogP contribution in [0.1, 0.15) is 37.7 Å². The van der Waals surface area contributed by atoms with Crippen LogP contribution in [0.2, 0.25) is 0 Å². The Morgan fingerprint density at radius 3 is 2.35 bits per heavy atom. The van der Waals surface area contributed by atoms with Crippen molar-refractivity contribution < 1.29 is 19.7 Å². The van der Waals surface area contributed by atoms with Gasteiger partial charge in [-0.2, -0.15) is 0 Å². The Balaban J connectivity index is 2.41. The first-order valence-corrected chi connectivity index (χ1v) is 7.26. The van der Waals surface area contributed by atoms with Gasteiger partial charge >= 0.3 is 6.09 Å². The molecule has 1 amide bonds. The third-order valence-corrected chi connectivity index (χ3v) is 4.18. The number of nitrogens with zero attached hydrogens (tertiary/aromatic N) is 2. The molecule has 2 N–H and O–H groups in total. The highest BCUT2D eigenvalue weighted by Crippen LogP contribution is 2.35. The van der Waals surface area contributed by atoms with Crippen molar-refractivity contribution in [2.24, 2.45) is 0 Å². The molecule has 124 valence electrons. The minimum Gasteiger partial charge on any atom is -0.465 e. The van der Waals surface area contributed by atoms with Gasteiger partial charge in [-0.1, -0.05) is 19.3 Å². The zero-order valence-corrected chi connectivity index (χ0v) is 12.4. The Morgan fingerprint density at radius 2 is 1.83 bits per heavy atom. The van der Waals surface area contributed by atoms with Crippen molar-refractivity contribution in [1.29, 1.82) is 0 Å².